The second kappa shape index (κ2) is 12.2. The van der Waals surface area contributed by atoms with Crippen molar-refractivity contribution >= 4 is 11.5 Å². The zero-order chi connectivity index (χ0) is 27.4. The molecule has 5 heteroatoms. The number of benzene rings is 2. The van der Waals surface area contributed by atoms with Gasteiger partial charge in [-0.15, -0.1) is 0 Å². The van der Waals surface area contributed by atoms with Crippen LogP contribution in [0.1, 0.15) is 108 Å². The lowest BCUT2D eigenvalue weighted by Gasteiger charge is -2.36. The maximum absolute atomic E-state index is 14.1. The number of nitrogens with zero attached hydrogens (tertiary/aromatic N) is 1. The molecule has 0 aromatic heterocycles. The molecular weight excluding hydrogens is 489 g/mol. The van der Waals surface area contributed by atoms with E-state index in [9.17, 15) is 9.18 Å². The number of hydrogen-bond acceptors (Lipinski definition) is 4. The Balaban J connectivity index is 1.32. The van der Waals surface area contributed by atoms with Crippen LogP contribution in [0.3, 0.4) is 0 Å². The number of carbonyl (C=O) groups excluding carboxylic acids is 1. The van der Waals surface area contributed by atoms with E-state index in [4.69, 9.17) is 9.47 Å². The summed E-state index contributed by atoms with van der Waals surface area (Å²) in [6.07, 6.45) is 10.7. The van der Waals surface area contributed by atoms with E-state index in [0.717, 1.165) is 80.6 Å². The van der Waals surface area contributed by atoms with Gasteiger partial charge in [0.2, 0.25) is 0 Å². The number of esters is 1. The molecule has 3 aliphatic rings. The smallest absolute Gasteiger partial charge is 0.311 e. The SMILES string of the molecule is CC(CCCc1ccccc1F)c1cc(OC(=O)CCCN2CCCCC2)c2c(c1)OC(C)(C)C1=C2CCC1. The lowest BCUT2D eigenvalue weighted by molar-refractivity contribution is -0.134. The Hall–Kier alpha value is -2.66. The second-order valence-corrected chi connectivity index (χ2v) is 12.2. The first-order chi connectivity index (χ1) is 18.8. The second-order valence-electron chi connectivity index (χ2n) is 12.2. The van der Waals surface area contributed by atoms with Crippen LogP contribution in [0.2, 0.25) is 0 Å². The number of aryl methyl sites for hydroxylation is 1. The van der Waals surface area contributed by atoms with Crippen molar-refractivity contribution in [2.75, 3.05) is 19.6 Å². The summed E-state index contributed by atoms with van der Waals surface area (Å²) < 4.78 is 26.8. The maximum Gasteiger partial charge on any atom is 0.311 e. The highest BCUT2D eigenvalue weighted by atomic mass is 19.1. The summed E-state index contributed by atoms with van der Waals surface area (Å²) >= 11 is 0. The third-order valence-corrected chi connectivity index (χ3v) is 8.84. The Bertz CT molecular complexity index is 1210. The molecule has 2 aliphatic heterocycles. The molecule has 39 heavy (non-hydrogen) atoms. The van der Waals surface area contributed by atoms with E-state index in [1.165, 1.54) is 36.5 Å². The number of hydrogen-bond donors (Lipinski definition) is 0. The molecule has 1 atom stereocenters. The molecule has 5 rings (SSSR count). The Morgan fingerprint density at radius 3 is 2.67 bits per heavy atom. The van der Waals surface area contributed by atoms with Crippen LogP contribution in [0, 0.1) is 5.82 Å². The molecule has 0 bridgehead atoms. The van der Waals surface area contributed by atoms with Crippen molar-refractivity contribution in [2.24, 2.45) is 0 Å². The third-order valence-electron chi connectivity index (χ3n) is 8.84. The van der Waals surface area contributed by atoms with E-state index in [-0.39, 0.29) is 23.3 Å². The van der Waals surface area contributed by atoms with Crippen molar-refractivity contribution in [3.63, 3.8) is 0 Å². The lowest BCUT2D eigenvalue weighted by Crippen LogP contribution is -2.34. The summed E-state index contributed by atoms with van der Waals surface area (Å²) in [5, 5.41) is 0. The standard InChI is InChI=1S/C34H44FNO3/c1-24(12-9-14-25-13-5-6-17-29(25)35)26-22-30(38-32(37)18-11-21-36-19-7-4-8-20-36)33-27-15-10-16-28(27)34(2,3)39-31(33)23-26/h5-6,13,17,22-24H,4,7-12,14-16,18-21H2,1-3H3. The number of carbonyl (C=O) groups is 1. The van der Waals surface area contributed by atoms with Gasteiger partial charge < -0.3 is 14.4 Å². The molecule has 2 aromatic carbocycles. The largest absolute Gasteiger partial charge is 0.483 e. The monoisotopic (exact) mass is 533 g/mol. The average Bonchev–Trinajstić information content (AvgIpc) is 3.41. The predicted molar refractivity (Wildman–Crippen MR) is 155 cm³/mol. The van der Waals surface area contributed by atoms with Crippen molar-refractivity contribution in [1.29, 1.82) is 0 Å². The number of rotatable bonds is 10. The molecule has 1 unspecified atom stereocenters. The molecule has 0 spiro atoms. The van der Waals surface area contributed by atoms with Gasteiger partial charge in [-0.25, -0.2) is 4.39 Å². The number of halogens is 1. The first kappa shape index (κ1) is 27.9. The van der Waals surface area contributed by atoms with Crippen LogP contribution < -0.4 is 9.47 Å². The van der Waals surface area contributed by atoms with Gasteiger partial charge in [0.25, 0.3) is 0 Å². The highest BCUT2D eigenvalue weighted by molar-refractivity contribution is 5.84. The summed E-state index contributed by atoms with van der Waals surface area (Å²) in [6, 6.07) is 11.2. The van der Waals surface area contributed by atoms with Crippen LogP contribution in [-0.2, 0) is 11.2 Å². The fraction of sp³-hybridized carbons (Fsp3) is 0.559. The highest BCUT2D eigenvalue weighted by Crippen LogP contribution is 2.52. The van der Waals surface area contributed by atoms with Crippen molar-refractivity contribution in [1.82, 2.24) is 4.90 Å². The Morgan fingerprint density at radius 2 is 1.87 bits per heavy atom. The van der Waals surface area contributed by atoms with Gasteiger partial charge in [-0.1, -0.05) is 31.5 Å². The van der Waals surface area contributed by atoms with Crippen LogP contribution in [0.4, 0.5) is 4.39 Å². The number of likely N-dealkylation sites (tertiary alicyclic amines) is 1. The van der Waals surface area contributed by atoms with Crippen LogP contribution >= 0.6 is 0 Å². The first-order valence-electron chi connectivity index (χ1n) is 15.1. The van der Waals surface area contributed by atoms with Crippen molar-refractivity contribution in [3.8, 4) is 11.5 Å². The molecule has 2 aromatic rings. The van der Waals surface area contributed by atoms with Gasteiger partial charge in [0, 0.05) is 6.42 Å². The molecule has 2 heterocycles. The van der Waals surface area contributed by atoms with Gasteiger partial charge in [0.05, 0.1) is 5.56 Å². The van der Waals surface area contributed by atoms with Gasteiger partial charge in [0.1, 0.15) is 22.9 Å². The summed E-state index contributed by atoms with van der Waals surface area (Å²) in [7, 11) is 0. The summed E-state index contributed by atoms with van der Waals surface area (Å²) in [4.78, 5) is 15.5. The number of fused-ring (bicyclic) bond motifs is 2. The third kappa shape index (κ3) is 6.57. The summed E-state index contributed by atoms with van der Waals surface area (Å²) in [6.45, 7) is 9.73. The van der Waals surface area contributed by atoms with Gasteiger partial charge in [-0.05, 0) is 138 Å². The number of ether oxygens (including phenoxy) is 2. The van der Waals surface area contributed by atoms with Crippen molar-refractivity contribution < 1.29 is 18.7 Å². The molecule has 1 fully saturated rings. The van der Waals surface area contributed by atoms with Crippen LogP contribution in [0.25, 0.3) is 5.57 Å². The minimum atomic E-state index is -0.360. The average molecular weight is 534 g/mol. The highest BCUT2D eigenvalue weighted by Gasteiger charge is 2.39. The molecule has 0 radical (unpaired) electrons. The quantitative estimate of drug-likeness (QED) is 0.228. The molecule has 1 saturated heterocycles. The Labute approximate surface area is 233 Å². The first-order valence-corrected chi connectivity index (χ1v) is 15.1. The molecule has 1 aliphatic carbocycles. The maximum atomic E-state index is 14.1. The van der Waals surface area contributed by atoms with Gasteiger partial charge in [-0.2, -0.15) is 0 Å². The lowest BCUT2D eigenvalue weighted by atomic mass is 9.85. The molecular formula is C34H44FNO3. The van der Waals surface area contributed by atoms with Crippen molar-refractivity contribution in [3.05, 3.63) is 64.5 Å². The molecule has 0 saturated carbocycles. The fourth-order valence-corrected chi connectivity index (χ4v) is 6.64. The van der Waals surface area contributed by atoms with E-state index >= 15 is 0 Å². The normalized spacial score (nSPS) is 19.3. The van der Waals surface area contributed by atoms with E-state index in [1.54, 1.807) is 6.07 Å². The zero-order valence-corrected chi connectivity index (χ0v) is 24.0. The minimum absolute atomic E-state index is 0.135. The van der Waals surface area contributed by atoms with Crippen molar-refractivity contribution in [2.45, 2.75) is 103 Å². The Morgan fingerprint density at radius 1 is 1.08 bits per heavy atom. The van der Waals surface area contributed by atoms with E-state index in [0.29, 0.717) is 18.6 Å². The van der Waals surface area contributed by atoms with Gasteiger partial charge in [-0.3, -0.25) is 4.79 Å². The van der Waals surface area contributed by atoms with E-state index in [1.807, 2.05) is 12.1 Å². The molecule has 0 N–H and O–H groups in total. The summed E-state index contributed by atoms with van der Waals surface area (Å²) in [5.74, 6) is 1.41. The van der Waals surface area contributed by atoms with E-state index < -0.39 is 0 Å². The molecule has 4 nitrogen and oxygen atoms in total. The van der Waals surface area contributed by atoms with E-state index in [2.05, 4.69) is 37.8 Å². The van der Waals surface area contributed by atoms with Crippen LogP contribution in [0.15, 0.2) is 42.0 Å². The van der Waals surface area contributed by atoms with Gasteiger partial charge >= 0.3 is 5.97 Å². The number of allylic oxidation sites excluding steroid dienone is 1. The number of piperidine rings is 1. The zero-order valence-electron chi connectivity index (χ0n) is 24.0. The molecule has 0 amide bonds. The predicted octanol–water partition coefficient (Wildman–Crippen LogP) is 8.23. The van der Waals surface area contributed by atoms with Crippen LogP contribution in [-0.4, -0.2) is 36.1 Å². The fourth-order valence-electron chi connectivity index (χ4n) is 6.64. The minimum Gasteiger partial charge on any atom is -0.483 e. The Kier molecular flexibility index (Phi) is 8.76. The summed E-state index contributed by atoms with van der Waals surface area (Å²) in [5.41, 5.74) is 5.13. The molecule has 210 valence electrons. The van der Waals surface area contributed by atoms with Gasteiger partial charge in [0.15, 0.2) is 0 Å². The van der Waals surface area contributed by atoms with Crippen LogP contribution in [0.5, 0.6) is 11.5 Å². The topological polar surface area (TPSA) is 38.8 Å².